The molecule has 2 amide bonds. The number of anilines is 1. The van der Waals surface area contributed by atoms with Crippen molar-refractivity contribution in [3.63, 3.8) is 0 Å². The van der Waals surface area contributed by atoms with Crippen molar-refractivity contribution in [2.24, 2.45) is 0 Å². The van der Waals surface area contributed by atoms with E-state index in [9.17, 15) is 9.59 Å². The van der Waals surface area contributed by atoms with Crippen LogP contribution in [0.2, 0.25) is 0 Å². The SMILES string of the molecule is COCCCNC(=O)c1cccc(NC(=S)NC(=O)/C=C/c2ccccc2)c1. The van der Waals surface area contributed by atoms with E-state index in [2.05, 4.69) is 16.0 Å². The molecule has 0 aliphatic rings. The zero-order valence-corrected chi connectivity index (χ0v) is 16.4. The number of amides is 2. The van der Waals surface area contributed by atoms with Gasteiger partial charge in [-0.3, -0.25) is 14.9 Å². The summed E-state index contributed by atoms with van der Waals surface area (Å²) < 4.78 is 4.95. The van der Waals surface area contributed by atoms with E-state index < -0.39 is 0 Å². The van der Waals surface area contributed by atoms with Crippen LogP contribution in [0.5, 0.6) is 0 Å². The van der Waals surface area contributed by atoms with Crippen LogP contribution in [0.3, 0.4) is 0 Å². The van der Waals surface area contributed by atoms with Gasteiger partial charge in [-0.15, -0.1) is 0 Å². The quantitative estimate of drug-likeness (QED) is 0.363. The third kappa shape index (κ3) is 7.69. The third-order valence-electron chi connectivity index (χ3n) is 3.66. The molecule has 7 heteroatoms. The Morgan fingerprint density at radius 1 is 1.11 bits per heavy atom. The average molecular weight is 398 g/mol. The molecule has 0 spiro atoms. The fourth-order valence-electron chi connectivity index (χ4n) is 2.31. The smallest absolute Gasteiger partial charge is 0.251 e. The highest BCUT2D eigenvalue weighted by Gasteiger charge is 2.07. The Hall–Kier alpha value is -3.03. The molecule has 0 saturated heterocycles. The van der Waals surface area contributed by atoms with Crippen molar-refractivity contribution >= 4 is 40.9 Å². The Kier molecular flexibility index (Phi) is 8.84. The lowest BCUT2D eigenvalue weighted by Crippen LogP contribution is -2.33. The molecule has 0 unspecified atom stereocenters. The van der Waals surface area contributed by atoms with Crippen molar-refractivity contribution in [3.05, 3.63) is 71.8 Å². The van der Waals surface area contributed by atoms with Gasteiger partial charge in [-0.1, -0.05) is 36.4 Å². The molecule has 2 aromatic carbocycles. The summed E-state index contributed by atoms with van der Waals surface area (Å²) in [6, 6.07) is 16.4. The fraction of sp³-hybridized carbons (Fsp3) is 0.190. The maximum atomic E-state index is 12.2. The van der Waals surface area contributed by atoms with E-state index in [1.54, 1.807) is 37.5 Å². The maximum absolute atomic E-state index is 12.2. The summed E-state index contributed by atoms with van der Waals surface area (Å²) in [5.74, 6) is -0.520. The van der Waals surface area contributed by atoms with Gasteiger partial charge in [0, 0.05) is 37.6 Å². The second kappa shape index (κ2) is 11.6. The minimum atomic E-state index is -0.339. The molecule has 28 heavy (non-hydrogen) atoms. The van der Waals surface area contributed by atoms with Crippen molar-refractivity contribution in [1.29, 1.82) is 0 Å². The number of hydrogen-bond donors (Lipinski definition) is 3. The minimum Gasteiger partial charge on any atom is -0.385 e. The molecule has 0 aliphatic carbocycles. The highest BCUT2D eigenvalue weighted by Crippen LogP contribution is 2.10. The molecule has 0 aromatic heterocycles. The molecular formula is C21H23N3O3S. The Bertz CT molecular complexity index is 838. The van der Waals surface area contributed by atoms with Crippen LogP contribution in [0.1, 0.15) is 22.3 Å². The first kappa shape index (κ1) is 21.3. The number of thiocarbonyl (C=S) groups is 1. The fourth-order valence-corrected chi connectivity index (χ4v) is 2.53. The number of carbonyl (C=O) groups excluding carboxylic acids is 2. The van der Waals surface area contributed by atoms with E-state index in [0.717, 1.165) is 12.0 Å². The summed E-state index contributed by atoms with van der Waals surface area (Å²) >= 11 is 5.16. The lowest BCUT2D eigenvalue weighted by molar-refractivity contribution is -0.115. The van der Waals surface area contributed by atoms with E-state index in [4.69, 9.17) is 17.0 Å². The lowest BCUT2D eigenvalue weighted by atomic mass is 10.2. The van der Waals surface area contributed by atoms with Gasteiger partial charge in [0.1, 0.15) is 0 Å². The van der Waals surface area contributed by atoms with Crippen LogP contribution < -0.4 is 16.0 Å². The first-order chi connectivity index (χ1) is 13.6. The summed E-state index contributed by atoms with van der Waals surface area (Å²) in [6.45, 7) is 1.13. The van der Waals surface area contributed by atoms with Gasteiger partial charge in [0.2, 0.25) is 5.91 Å². The third-order valence-corrected chi connectivity index (χ3v) is 3.86. The van der Waals surface area contributed by atoms with Gasteiger partial charge >= 0.3 is 0 Å². The predicted octanol–water partition coefficient (Wildman–Crippen LogP) is 2.98. The summed E-state index contributed by atoms with van der Waals surface area (Å²) in [5.41, 5.74) is 2.03. The van der Waals surface area contributed by atoms with Gasteiger partial charge in [0.05, 0.1) is 0 Å². The Balaban J connectivity index is 1.85. The number of rotatable bonds is 8. The average Bonchev–Trinajstić information content (AvgIpc) is 2.70. The van der Waals surface area contributed by atoms with Crippen LogP contribution in [0.25, 0.3) is 6.08 Å². The molecule has 0 saturated carbocycles. The normalized spacial score (nSPS) is 10.5. The number of hydrogen-bond acceptors (Lipinski definition) is 4. The maximum Gasteiger partial charge on any atom is 0.251 e. The highest BCUT2D eigenvalue weighted by atomic mass is 32.1. The van der Waals surface area contributed by atoms with Crippen molar-refractivity contribution in [2.75, 3.05) is 25.6 Å². The number of methoxy groups -OCH3 is 1. The number of carbonyl (C=O) groups is 2. The number of nitrogens with one attached hydrogen (secondary N) is 3. The summed E-state index contributed by atoms with van der Waals surface area (Å²) in [7, 11) is 1.62. The Morgan fingerprint density at radius 2 is 1.89 bits per heavy atom. The molecule has 0 radical (unpaired) electrons. The Morgan fingerprint density at radius 3 is 2.64 bits per heavy atom. The van der Waals surface area contributed by atoms with Gasteiger partial charge < -0.3 is 15.4 Å². The lowest BCUT2D eigenvalue weighted by Gasteiger charge is -2.10. The first-order valence-electron chi connectivity index (χ1n) is 8.81. The first-order valence-corrected chi connectivity index (χ1v) is 9.21. The zero-order valence-electron chi connectivity index (χ0n) is 15.6. The van der Waals surface area contributed by atoms with Gasteiger partial charge in [0.15, 0.2) is 5.11 Å². The van der Waals surface area contributed by atoms with E-state index >= 15 is 0 Å². The second-order valence-electron chi connectivity index (χ2n) is 5.87. The molecule has 0 bridgehead atoms. The molecule has 0 aliphatic heterocycles. The van der Waals surface area contributed by atoms with Gasteiger partial charge in [0.25, 0.3) is 5.91 Å². The molecule has 146 valence electrons. The largest absolute Gasteiger partial charge is 0.385 e. The van der Waals surface area contributed by atoms with Crippen molar-refractivity contribution in [1.82, 2.24) is 10.6 Å². The van der Waals surface area contributed by atoms with Crippen LogP contribution in [-0.4, -0.2) is 37.2 Å². The predicted molar refractivity (Wildman–Crippen MR) is 115 cm³/mol. The van der Waals surface area contributed by atoms with Crippen molar-refractivity contribution in [2.45, 2.75) is 6.42 Å². The van der Waals surface area contributed by atoms with E-state index in [-0.39, 0.29) is 16.9 Å². The van der Waals surface area contributed by atoms with Crippen LogP contribution in [-0.2, 0) is 9.53 Å². The molecule has 0 fully saturated rings. The molecule has 2 rings (SSSR count). The highest BCUT2D eigenvalue weighted by molar-refractivity contribution is 7.80. The van der Waals surface area contributed by atoms with Crippen LogP contribution in [0.4, 0.5) is 5.69 Å². The van der Waals surface area contributed by atoms with E-state index in [1.165, 1.54) is 6.08 Å². The summed E-state index contributed by atoms with van der Waals surface area (Å²) in [5, 5.41) is 8.46. The topological polar surface area (TPSA) is 79.5 Å². The number of ether oxygens (including phenoxy) is 1. The van der Waals surface area contributed by atoms with Gasteiger partial charge in [-0.2, -0.15) is 0 Å². The zero-order chi connectivity index (χ0) is 20.2. The summed E-state index contributed by atoms with van der Waals surface area (Å²) in [4.78, 5) is 24.1. The number of benzene rings is 2. The monoisotopic (exact) mass is 397 g/mol. The second-order valence-corrected chi connectivity index (χ2v) is 6.28. The summed E-state index contributed by atoms with van der Waals surface area (Å²) in [6.07, 6.45) is 3.85. The van der Waals surface area contributed by atoms with Gasteiger partial charge in [-0.25, -0.2) is 0 Å². The Labute approximate surface area is 170 Å². The molecule has 0 heterocycles. The standard InChI is InChI=1S/C21H23N3O3S/c1-27-14-6-13-22-20(26)17-9-5-10-18(15-17)23-21(28)24-19(25)12-11-16-7-3-2-4-8-16/h2-5,7-12,15H,6,13-14H2,1H3,(H,22,26)(H2,23,24,25,28)/b12-11+. The molecule has 2 aromatic rings. The van der Waals surface area contributed by atoms with Crippen molar-refractivity contribution in [3.8, 4) is 0 Å². The van der Waals surface area contributed by atoms with Crippen LogP contribution >= 0.6 is 12.2 Å². The van der Waals surface area contributed by atoms with E-state index in [1.807, 2.05) is 30.3 Å². The van der Waals surface area contributed by atoms with E-state index in [0.29, 0.717) is 24.4 Å². The van der Waals surface area contributed by atoms with Gasteiger partial charge in [-0.05, 0) is 48.5 Å². The molecule has 0 atom stereocenters. The molecule has 3 N–H and O–H groups in total. The molecule has 6 nitrogen and oxygen atoms in total. The van der Waals surface area contributed by atoms with Crippen LogP contribution in [0.15, 0.2) is 60.7 Å². The van der Waals surface area contributed by atoms with Crippen LogP contribution in [0, 0.1) is 0 Å². The minimum absolute atomic E-state index is 0.153. The molecular weight excluding hydrogens is 374 g/mol. The van der Waals surface area contributed by atoms with Crippen molar-refractivity contribution < 1.29 is 14.3 Å².